The highest BCUT2D eigenvalue weighted by Gasteiger charge is 2.36. The van der Waals surface area contributed by atoms with Gasteiger partial charge in [-0.3, -0.25) is 14.6 Å². The third kappa shape index (κ3) is 4.85. The van der Waals surface area contributed by atoms with Crippen LogP contribution in [0.25, 0.3) is 0 Å². The molecule has 1 amide bonds. The molecular weight excluding hydrogens is 425 g/mol. The van der Waals surface area contributed by atoms with Crippen LogP contribution < -0.4 is 5.32 Å². The summed E-state index contributed by atoms with van der Waals surface area (Å²) in [7, 11) is 3.90. The van der Waals surface area contributed by atoms with Crippen LogP contribution in [0.15, 0.2) is 29.8 Å². The van der Waals surface area contributed by atoms with E-state index >= 15 is 0 Å². The van der Waals surface area contributed by atoms with Crippen molar-refractivity contribution in [2.24, 2.45) is 0 Å². The van der Waals surface area contributed by atoms with Crippen LogP contribution in [0.1, 0.15) is 41.2 Å². The number of rotatable bonds is 4. The number of nitrogens with zero attached hydrogens (tertiary/aromatic N) is 4. The van der Waals surface area contributed by atoms with Gasteiger partial charge in [0.05, 0.1) is 0 Å². The van der Waals surface area contributed by atoms with Crippen LogP contribution in [-0.4, -0.2) is 82.9 Å². The van der Waals surface area contributed by atoms with Gasteiger partial charge in [0.2, 0.25) is 0 Å². The Balaban J connectivity index is 0.00000112. The summed E-state index contributed by atoms with van der Waals surface area (Å²) in [4.78, 5) is 23.5. The van der Waals surface area contributed by atoms with E-state index in [2.05, 4.69) is 47.2 Å². The number of aromatic nitrogens is 1. The first-order chi connectivity index (χ1) is 15.2. The number of fused-ring (bicyclic) bond motifs is 1. The van der Waals surface area contributed by atoms with E-state index in [9.17, 15) is 4.79 Å². The number of nitrogens with one attached hydrogen (secondary N) is 1. The lowest BCUT2D eigenvalue weighted by Crippen LogP contribution is -2.64. The van der Waals surface area contributed by atoms with Crippen molar-refractivity contribution in [2.45, 2.75) is 32.7 Å². The zero-order chi connectivity index (χ0) is 21.8. The fourth-order valence-electron chi connectivity index (χ4n) is 4.43. The molecule has 31 heavy (non-hydrogen) atoms. The van der Waals surface area contributed by atoms with Crippen LogP contribution in [0.4, 0.5) is 5.69 Å². The van der Waals surface area contributed by atoms with E-state index in [1.807, 2.05) is 24.1 Å². The Morgan fingerprint density at radius 2 is 1.94 bits per heavy atom. The van der Waals surface area contributed by atoms with E-state index in [-0.39, 0.29) is 5.91 Å². The highest BCUT2D eigenvalue weighted by Crippen LogP contribution is 2.26. The van der Waals surface area contributed by atoms with Gasteiger partial charge in [0, 0.05) is 74.5 Å². The molecule has 0 aliphatic carbocycles. The van der Waals surface area contributed by atoms with Crippen LogP contribution in [0.2, 0.25) is 0 Å². The quantitative estimate of drug-likeness (QED) is 0.714. The highest BCUT2D eigenvalue weighted by molar-refractivity contribution is 7.21. The molecule has 4 heterocycles. The van der Waals surface area contributed by atoms with Gasteiger partial charge < -0.3 is 10.2 Å². The third-order valence-corrected chi connectivity index (χ3v) is 7.59. The summed E-state index contributed by atoms with van der Waals surface area (Å²) in [6, 6.07) is 7.30. The van der Waals surface area contributed by atoms with Gasteiger partial charge in [-0.25, -0.2) is 4.98 Å². The zero-order valence-electron chi connectivity index (χ0n) is 18.4. The molecule has 2 fully saturated rings. The molecule has 3 aliphatic heterocycles. The van der Waals surface area contributed by atoms with Gasteiger partial charge in [0.1, 0.15) is 0 Å². The van der Waals surface area contributed by atoms with Crippen molar-refractivity contribution >= 4 is 37.2 Å². The van der Waals surface area contributed by atoms with E-state index in [0.29, 0.717) is 11.0 Å². The van der Waals surface area contributed by atoms with Crippen molar-refractivity contribution in [1.82, 2.24) is 19.7 Å². The van der Waals surface area contributed by atoms with Gasteiger partial charge in [0.15, 0.2) is 5.01 Å². The van der Waals surface area contributed by atoms with Gasteiger partial charge in [-0.2, -0.15) is 0 Å². The number of hydrogen-bond acceptors (Lipinski definition) is 5. The highest BCUT2D eigenvalue weighted by atomic mass is 32.1. The second-order valence-corrected chi connectivity index (χ2v) is 9.34. The van der Waals surface area contributed by atoms with E-state index in [0.717, 1.165) is 52.2 Å². The molecule has 0 atom stereocenters. The fourth-order valence-corrected chi connectivity index (χ4v) is 5.37. The maximum absolute atomic E-state index is 12.5. The maximum atomic E-state index is 12.5. The van der Waals surface area contributed by atoms with E-state index in [1.165, 1.54) is 40.0 Å². The predicted molar refractivity (Wildman–Crippen MR) is 132 cm³/mol. The van der Waals surface area contributed by atoms with Gasteiger partial charge in [-0.15, -0.1) is 20.2 Å². The summed E-state index contributed by atoms with van der Waals surface area (Å²) in [5, 5.41) is 5.94. The molecule has 3 aliphatic rings. The lowest BCUT2D eigenvalue weighted by atomic mass is 9.99. The SMILES string of the molecule is CC.O=C(c1nccs1)N1CCN(C2CN(C(=P)c3ccc4c(c3)CCCN4)C2)CC1. The smallest absolute Gasteiger partial charge is 0.282 e. The molecule has 0 radical (unpaired) electrons. The topological polar surface area (TPSA) is 51.7 Å². The number of thiazole rings is 1. The minimum absolute atomic E-state index is 0.0764. The van der Waals surface area contributed by atoms with Gasteiger partial charge in [0.25, 0.3) is 5.91 Å². The summed E-state index contributed by atoms with van der Waals surface area (Å²) < 4.78 is 0. The number of carbonyl (C=O) groups is 1. The maximum Gasteiger partial charge on any atom is 0.282 e. The van der Waals surface area contributed by atoms with Gasteiger partial charge in [-0.05, 0) is 36.1 Å². The van der Waals surface area contributed by atoms with Crippen LogP contribution in [0.5, 0.6) is 0 Å². The van der Waals surface area contributed by atoms with Crippen molar-refractivity contribution in [3.05, 3.63) is 45.9 Å². The van der Waals surface area contributed by atoms with Crippen molar-refractivity contribution in [2.75, 3.05) is 51.1 Å². The second kappa shape index (κ2) is 10.2. The lowest BCUT2D eigenvalue weighted by Gasteiger charge is -2.48. The molecule has 166 valence electrons. The molecule has 0 spiro atoms. The third-order valence-electron chi connectivity index (χ3n) is 6.23. The monoisotopic (exact) mass is 457 g/mol. The Morgan fingerprint density at radius 1 is 1.16 bits per heavy atom. The number of likely N-dealkylation sites (tertiary alicyclic amines) is 1. The Bertz CT molecular complexity index is 905. The van der Waals surface area contributed by atoms with Crippen molar-refractivity contribution in [1.29, 1.82) is 0 Å². The average molecular weight is 458 g/mol. The largest absolute Gasteiger partial charge is 0.385 e. The fraction of sp³-hybridized carbons (Fsp3) is 0.522. The van der Waals surface area contributed by atoms with Gasteiger partial charge in [-0.1, -0.05) is 19.9 Å². The summed E-state index contributed by atoms with van der Waals surface area (Å²) in [6.45, 7) is 10.6. The molecule has 2 saturated heterocycles. The van der Waals surface area contributed by atoms with Crippen molar-refractivity contribution < 1.29 is 4.79 Å². The average Bonchev–Trinajstić information content (AvgIpc) is 3.34. The van der Waals surface area contributed by atoms with E-state index < -0.39 is 0 Å². The predicted octanol–water partition coefficient (Wildman–Crippen LogP) is 3.29. The summed E-state index contributed by atoms with van der Waals surface area (Å²) in [5.41, 5.74) is 5.15. The second-order valence-electron chi connectivity index (χ2n) is 7.98. The Morgan fingerprint density at radius 3 is 2.65 bits per heavy atom. The number of aryl methyl sites for hydroxylation is 1. The molecule has 1 aromatic heterocycles. The minimum atomic E-state index is 0.0764. The van der Waals surface area contributed by atoms with Crippen LogP contribution in [0.3, 0.4) is 0 Å². The summed E-state index contributed by atoms with van der Waals surface area (Å²) in [5.74, 6) is 0.0764. The van der Waals surface area contributed by atoms with Gasteiger partial charge >= 0.3 is 0 Å². The number of benzene rings is 1. The number of anilines is 1. The number of piperazine rings is 1. The molecule has 8 heteroatoms. The summed E-state index contributed by atoms with van der Waals surface area (Å²) in [6.07, 6.45) is 4.06. The van der Waals surface area contributed by atoms with E-state index in [1.54, 1.807) is 6.20 Å². The molecule has 0 unspecified atom stereocenters. The molecule has 1 N–H and O–H groups in total. The van der Waals surface area contributed by atoms with Crippen molar-refractivity contribution in [3.63, 3.8) is 0 Å². The molecule has 5 rings (SSSR count). The molecule has 0 saturated carbocycles. The Hall–Kier alpha value is -1.79. The first kappa shape index (κ1) is 22.4. The normalized spacial score (nSPS) is 19.5. The van der Waals surface area contributed by atoms with E-state index in [4.69, 9.17) is 0 Å². The molecule has 6 nitrogen and oxygen atoms in total. The number of amides is 1. The first-order valence-electron chi connectivity index (χ1n) is 11.3. The van der Waals surface area contributed by atoms with Crippen LogP contribution in [-0.2, 0) is 6.42 Å². The number of hydrogen-bond donors (Lipinski definition) is 1. The van der Waals surface area contributed by atoms with Crippen LogP contribution >= 0.6 is 20.2 Å². The summed E-state index contributed by atoms with van der Waals surface area (Å²) >= 11 is 1.42. The standard InChI is InChI=1S/C21H26N5OPS.C2H6/c27-20(19-23-6-11-29-19)25-9-7-24(8-10-25)17-13-26(14-17)21(28)16-3-4-18-15(12-16)2-1-5-22-18;1-2/h3-4,6,11-12,17,22,28H,1-2,5,7-10,13-14H2;1-2H3. The minimum Gasteiger partial charge on any atom is -0.385 e. The molecule has 0 bridgehead atoms. The Kier molecular flexibility index (Phi) is 7.39. The van der Waals surface area contributed by atoms with Crippen LogP contribution in [0, 0.1) is 0 Å². The van der Waals surface area contributed by atoms with Crippen molar-refractivity contribution in [3.8, 4) is 0 Å². The Labute approximate surface area is 191 Å². The molecular formula is C23H32N5OPS. The zero-order valence-corrected chi connectivity index (χ0v) is 20.2. The molecule has 1 aromatic carbocycles. The number of carbonyl (C=O) groups excluding carboxylic acids is 1. The molecule has 2 aromatic rings. The lowest BCUT2D eigenvalue weighted by molar-refractivity contribution is 0.0318. The first-order valence-corrected chi connectivity index (χ1v) is 12.7.